The zero-order valence-electron chi connectivity index (χ0n) is 7.16. The topological polar surface area (TPSA) is 60.8 Å². The van der Waals surface area contributed by atoms with Crippen LogP contribution in [0.3, 0.4) is 0 Å². The Morgan fingerprint density at radius 2 is 2.00 bits per heavy atom. The molecule has 0 aliphatic rings. The van der Waals surface area contributed by atoms with Gasteiger partial charge in [0, 0.05) is 6.54 Å². The van der Waals surface area contributed by atoms with Crippen LogP contribution in [0.25, 0.3) is 0 Å². The number of amides is 1. The number of carboxylic acid groups (broad SMARTS) is 1. The lowest BCUT2D eigenvalue weighted by Gasteiger charge is -2.25. The first-order chi connectivity index (χ1) is 4.87. The summed E-state index contributed by atoms with van der Waals surface area (Å²) in [7, 11) is 0. The molecule has 0 spiro atoms. The van der Waals surface area contributed by atoms with Crippen molar-refractivity contribution < 1.29 is 15.0 Å². The summed E-state index contributed by atoms with van der Waals surface area (Å²) in [6.45, 7) is 5.45. The average molecular weight is 161 g/mol. The van der Waals surface area contributed by atoms with Crippen molar-refractivity contribution in [2.24, 2.45) is 0 Å². The van der Waals surface area contributed by atoms with E-state index >= 15 is 0 Å². The van der Waals surface area contributed by atoms with Crippen LogP contribution in [0.4, 0.5) is 4.79 Å². The van der Waals surface area contributed by atoms with Crippen LogP contribution in [0.2, 0.25) is 0 Å². The molecule has 2 N–H and O–H groups in total. The van der Waals surface area contributed by atoms with Gasteiger partial charge in [0.15, 0.2) is 0 Å². The van der Waals surface area contributed by atoms with Crippen molar-refractivity contribution in [3.05, 3.63) is 0 Å². The number of hydrogen-bond acceptors (Lipinski definition) is 2. The molecule has 0 aromatic rings. The third-order valence-electron chi connectivity index (χ3n) is 1.23. The predicted molar refractivity (Wildman–Crippen MR) is 41.6 cm³/mol. The highest BCUT2D eigenvalue weighted by Gasteiger charge is 2.20. The fraction of sp³-hybridized carbons (Fsp3) is 0.857. The Kier molecular flexibility index (Phi) is 3.32. The number of carbonyl (C=O) groups is 1. The Hall–Kier alpha value is -0.770. The first-order valence-electron chi connectivity index (χ1n) is 3.57. The molecule has 0 saturated carbocycles. The summed E-state index contributed by atoms with van der Waals surface area (Å²) in [4.78, 5) is 11.6. The molecule has 0 atom stereocenters. The summed E-state index contributed by atoms with van der Waals surface area (Å²) in [6.07, 6.45) is -0.991. The standard InChI is InChI=1S/C7H15NO3/c1-4-8(6(9)10)5-7(2,3)11/h11H,4-5H2,1-3H3,(H,9,10). The van der Waals surface area contributed by atoms with E-state index < -0.39 is 11.7 Å². The number of rotatable bonds is 3. The van der Waals surface area contributed by atoms with E-state index in [1.165, 1.54) is 4.90 Å². The second kappa shape index (κ2) is 3.57. The van der Waals surface area contributed by atoms with Gasteiger partial charge in [-0.2, -0.15) is 0 Å². The molecule has 4 nitrogen and oxygen atoms in total. The maximum atomic E-state index is 10.4. The highest BCUT2D eigenvalue weighted by atomic mass is 16.4. The van der Waals surface area contributed by atoms with Crippen molar-refractivity contribution in [1.82, 2.24) is 4.90 Å². The lowest BCUT2D eigenvalue weighted by Crippen LogP contribution is -2.41. The zero-order chi connectivity index (χ0) is 9.07. The third kappa shape index (κ3) is 4.61. The highest BCUT2D eigenvalue weighted by molar-refractivity contribution is 5.64. The van der Waals surface area contributed by atoms with Crippen LogP contribution in [-0.2, 0) is 0 Å². The summed E-state index contributed by atoms with van der Waals surface area (Å²) in [5, 5.41) is 17.8. The van der Waals surface area contributed by atoms with Gasteiger partial charge in [0.2, 0.25) is 0 Å². The molecular formula is C7H15NO3. The number of nitrogens with zero attached hydrogens (tertiary/aromatic N) is 1. The largest absolute Gasteiger partial charge is 0.465 e. The summed E-state index contributed by atoms with van der Waals surface area (Å²) < 4.78 is 0. The van der Waals surface area contributed by atoms with Crippen molar-refractivity contribution in [2.45, 2.75) is 26.4 Å². The molecule has 0 bridgehead atoms. The lowest BCUT2D eigenvalue weighted by atomic mass is 10.1. The van der Waals surface area contributed by atoms with Crippen LogP contribution in [0.1, 0.15) is 20.8 Å². The number of likely N-dealkylation sites (N-methyl/N-ethyl adjacent to an activating group) is 1. The molecule has 11 heavy (non-hydrogen) atoms. The minimum atomic E-state index is -0.991. The van der Waals surface area contributed by atoms with Crippen molar-refractivity contribution in [2.75, 3.05) is 13.1 Å². The fourth-order valence-corrected chi connectivity index (χ4v) is 0.782. The number of hydrogen-bond donors (Lipinski definition) is 2. The molecule has 0 radical (unpaired) electrons. The quantitative estimate of drug-likeness (QED) is 0.642. The van der Waals surface area contributed by atoms with E-state index in [2.05, 4.69) is 0 Å². The molecule has 0 aromatic carbocycles. The SMILES string of the molecule is CCN(CC(C)(C)O)C(=O)O. The molecule has 0 rings (SSSR count). The lowest BCUT2D eigenvalue weighted by molar-refractivity contribution is 0.0384. The van der Waals surface area contributed by atoms with Gasteiger partial charge in [-0.05, 0) is 20.8 Å². The monoisotopic (exact) mass is 161 g/mol. The van der Waals surface area contributed by atoms with E-state index in [0.717, 1.165) is 0 Å². The molecule has 0 aliphatic heterocycles. The van der Waals surface area contributed by atoms with E-state index in [1.807, 2.05) is 0 Å². The average Bonchev–Trinajstić information content (AvgIpc) is 1.80. The zero-order valence-corrected chi connectivity index (χ0v) is 7.16. The van der Waals surface area contributed by atoms with E-state index in [4.69, 9.17) is 5.11 Å². The predicted octanol–water partition coefficient (Wildman–Crippen LogP) is 0.757. The van der Waals surface area contributed by atoms with Crippen LogP contribution in [0.5, 0.6) is 0 Å². The van der Waals surface area contributed by atoms with Gasteiger partial charge in [0.05, 0.1) is 12.1 Å². The van der Waals surface area contributed by atoms with Gasteiger partial charge in [0.25, 0.3) is 0 Å². The molecule has 0 fully saturated rings. The first-order valence-corrected chi connectivity index (χ1v) is 3.57. The van der Waals surface area contributed by atoms with Gasteiger partial charge in [-0.15, -0.1) is 0 Å². The number of aliphatic hydroxyl groups is 1. The van der Waals surface area contributed by atoms with Gasteiger partial charge >= 0.3 is 6.09 Å². The molecule has 0 saturated heterocycles. The van der Waals surface area contributed by atoms with E-state index in [9.17, 15) is 9.90 Å². The Morgan fingerprint density at radius 3 is 2.09 bits per heavy atom. The second-order valence-electron chi connectivity index (χ2n) is 3.11. The molecule has 4 heteroatoms. The van der Waals surface area contributed by atoms with Crippen molar-refractivity contribution in [3.63, 3.8) is 0 Å². The Bertz CT molecular complexity index is 139. The minimum Gasteiger partial charge on any atom is -0.465 e. The van der Waals surface area contributed by atoms with Crippen LogP contribution in [0, 0.1) is 0 Å². The fourth-order valence-electron chi connectivity index (χ4n) is 0.782. The molecule has 0 aliphatic carbocycles. The Balaban J connectivity index is 3.99. The van der Waals surface area contributed by atoms with Crippen LogP contribution in [-0.4, -0.2) is 39.9 Å². The summed E-state index contributed by atoms with van der Waals surface area (Å²) in [6, 6.07) is 0. The molecule has 0 unspecified atom stereocenters. The smallest absolute Gasteiger partial charge is 0.407 e. The first kappa shape index (κ1) is 10.2. The highest BCUT2D eigenvalue weighted by Crippen LogP contribution is 2.04. The van der Waals surface area contributed by atoms with Gasteiger partial charge in [-0.1, -0.05) is 0 Å². The van der Waals surface area contributed by atoms with Crippen molar-refractivity contribution in [1.29, 1.82) is 0 Å². The Morgan fingerprint density at radius 1 is 1.55 bits per heavy atom. The van der Waals surface area contributed by atoms with Gasteiger partial charge in [0.1, 0.15) is 0 Å². The third-order valence-corrected chi connectivity index (χ3v) is 1.23. The van der Waals surface area contributed by atoms with Crippen molar-refractivity contribution >= 4 is 6.09 Å². The van der Waals surface area contributed by atoms with Crippen LogP contribution >= 0.6 is 0 Å². The summed E-state index contributed by atoms with van der Waals surface area (Å²) >= 11 is 0. The van der Waals surface area contributed by atoms with E-state index in [0.29, 0.717) is 6.54 Å². The summed E-state index contributed by atoms with van der Waals surface area (Å²) in [5.41, 5.74) is -0.950. The molecule has 1 amide bonds. The minimum absolute atomic E-state index is 0.152. The van der Waals surface area contributed by atoms with Crippen LogP contribution < -0.4 is 0 Å². The van der Waals surface area contributed by atoms with Crippen LogP contribution in [0.15, 0.2) is 0 Å². The molecular weight excluding hydrogens is 146 g/mol. The van der Waals surface area contributed by atoms with Gasteiger partial charge in [-0.25, -0.2) is 4.79 Å². The summed E-state index contributed by atoms with van der Waals surface area (Å²) in [5.74, 6) is 0. The normalized spacial score (nSPS) is 11.3. The maximum Gasteiger partial charge on any atom is 0.407 e. The molecule has 66 valence electrons. The maximum absolute atomic E-state index is 10.4. The second-order valence-corrected chi connectivity index (χ2v) is 3.11. The van der Waals surface area contributed by atoms with E-state index in [1.54, 1.807) is 20.8 Å². The van der Waals surface area contributed by atoms with Gasteiger partial charge in [-0.3, -0.25) is 0 Å². The van der Waals surface area contributed by atoms with E-state index in [-0.39, 0.29) is 6.54 Å². The molecule has 0 aromatic heterocycles. The van der Waals surface area contributed by atoms with Crippen molar-refractivity contribution in [3.8, 4) is 0 Å². The molecule has 0 heterocycles. The Labute approximate surface area is 66.4 Å². The van der Waals surface area contributed by atoms with Gasteiger partial charge < -0.3 is 15.1 Å².